The van der Waals surface area contributed by atoms with Gasteiger partial charge in [0.1, 0.15) is 5.75 Å². The smallest absolute Gasteiger partial charge is 0.305 e. The summed E-state index contributed by atoms with van der Waals surface area (Å²) in [6.07, 6.45) is 1.74. The molecular weight excluding hydrogens is 441 g/mol. The molecule has 2 heterocycles. The maximum Gasteiger partial charge on any atom is 0.305 e. The molecule has 2 aromatic carbocycles. The van der Waals surface area contributed by atoms with E-state index in [4.69, 9.17) is 37.6 Å². The van der Waals surface area contributed by atoms with Crippen molar-refractivity contribution in [2.45, 2.75) is 26.8 Å². The number of ether oxygens (including phenoxy) is 1. The predicted octanol–water partition coefficient (Wildman–Crippen LogP) is 6.17. The number of carboxylic acid groups (broad SMARTS) is 1. The van der Waals surface area contributed by atoms with Crippen molar-refractivity contribution in [1.29, 1.82) is 0 Å². The fourth-order valence-corrected chi connectivity index (χ4v) is 3.58. The first-order chi connectivity index (χ1) is 15.0. The van der Waals surface area contributed by atoms with Crippen molar-refractivity contribution in [3.8, 4) is 28.6 Å². The van der Waals surface area contributed by atoms with E-state index in [1.54, 1.807) is 31.5 Å². The maximum atomic E-state index is 10.8. The van der Waals surface area contributed by atoms with Gasteiger partial charge in [0.2, 0.25) is 5.82 Å². The molecule has 0 aliphatic carbocycles. The number of carbonyl (C=O) groups is 1. The molecule has 7 nitrogen and oxygen atoms in total. The predicted molar refractivity (Wildman–Crippen MR) is 121 cm³/mol. The van der Waals surface area contributed by atoms with Gasteiger partial charge in [-0.05, 0) is 36.4 Å². The van der Waals surface area contributed by atoms with Crippen LogP contribution < -0.4 is 4.74 Å². The fourth-order valence-electron chi connectivity index (χ4n) is 3.05. The second-order valence-corrected chi connectivity index (χ2v) is 7.13. The molecule has 0 fully saturated rings. The zero-order valence-electron chi connectivity index (χ0n) is 17.2. The normalized spacial score (nSPS) is 10.6. The number of hydrogen-bond donors (Lipinski definition) is 1. The van der Waals surface area contributed by atoms with Crippen molar-refractivity contribution in [2.75, 3.05) is 7.11 Å². The first-order valence-corrected chi connectivity index (χ1v) is 10.4. The van der Waals surface area contributed by atoms with Crippen LogP contribution >= 0.6 is 23.2 Å². The van der Waals surface area contributed by atoms with Gasteiger partial charge in [-0.1, -0.05) is 42.2 Å². The average Bonchev–Trinajstić information content (AvgIpc) is 3.39. The van der Waals surface area contributed by atoms with Crippen LogP contribution in [0, 0.1) is 0 Å². The van der Waals surface area contributed by atoms with Crippen LogP contribution in [0.25, 0.3) is 33.7 Å². The molecule has 4 aromatic rings. The molecule has 0 radical (unpaired) electrons. The summed E-state index contributed by atoms with van der Waals surface area (Å²) in [5.41, 5.74) is 2.24. The van der Waals surface area contributed by atoms with E-state index in [9.17, 15) is 4.79 Å². The number of aryl methyl sites for hydroxylation is 1. The van der Waals surface area contributed by atoms with Crippen LogP contribution in [0.15, 0.2) is 47.1 Å². The molecule has 0 atom stereocenters. The summed E-state index contributed by atoms with van der Waals surface area (Å²) in [6.45, 7) is 4.34. The van der Waals surface area contributed by atoms with Gasteiger partial charge in [0.05, 0.1) is 23.6 Å². The molecule has 0 saturated carbocycles. The molecule has 162 valence electrons. The van der Waals surface area contributed by atoms with Crippen LogP contribution in [0.4, 0.5) is 0 Å². The lowest BCUT2D eigenvalue weighted by Gasteiger charge is -2.03. The summed E-state index contributed by atoms with van der Waals surface area (Å²) < 4.78 is 12.3. The number of carboxylic acids is 1. The van der Waals surface area contributed by atoms with E-state index in [-0.39, 0.29) is 6.42 Å². The summed E-state index contributed by atoms with van der Waals surface area (Å²) >= 11 is 12.5. The monoisotopic (exact) mass is 461 g/mol. The Morgan fingerprint density at radius 3 is 2.55 bits per heavy atom. The third kappa shape index (κ3) is 4.84. The molecule has 0 aliphatic heterocycles. The van der Waals surface area contributed by atoms with Crippen LogP contribution in [-0.4, -0.2) is 32.9 Å². The topological polar surface area (TPSA) is 90.4 Å². The zero-order chi connectivity index (χ0) is 22.5. The molecule has 0 aliphatic rings. The van der Waals surface area contributed by atoms with Crippen molar-refractivity contribution < 1.29 is 19.2 Å². The summed E-state index contributed by atoms with van der Waals surface area (Å²) in [4.78, 5) is 15.3. The second-order valence-electron chi connectivity index (χ2n) is 6.32. The van der Waals surface area contributed by atoms with Crippen molar-refractivity contribution in [3.63, 3.8) is 0 Å². The number of fused-ring (bicyclic) bond motifs is 1. The first-order valence-electron chi connectivity index (χ1n) is 9.64. The third-order valence-corrected chi connectivity index (χ3v) is 5.08. The summed E-state index contributed by atoms with van der Waals surface area (Å²) in [5.74, 6) is 0.429. The standard InChI is InChI=1S/C20H15Cl2N3O4.C2H6/c1-28-17-5-3-12(9-14(17)21)20-23-19(24-29-20)11-2-4-16-13(8-11)15(22)10-25(16)7-6-18(26)27;1-2/h2-5,8-10H,6-7H2,1H3,(H,26,27);1-2H3. The number of methoxy groups -OCH3 is 1. The van der Waals surface area contributed by atoms with Gasteiger partial charge in [-0.2, -0.15) is 4.98 Å². The molecule has 0 bridgehead atoms. The lowest BCUT2D eigenvalue weighted by molar-refractivity contribution is -0.137. The maximum absolute atomic E-state index is 10.8. The van der Waals surface area contributed by atoms with Gasteiger partial charge in [-0.15, -0.1) is 0 Å². The van der Waals surface area contributed by atoms with Crippen molar-refractivity contribution in [3.05, 3.63) is 52.6 Å². The SMILES string of the molecule is CC.COc1ccc(-c2nc(-c3ccc4c(c3)c(Cl)cn4CCC(=O)O)no2)cc1Cl. The van der Waals surface area contributed by atoms with E-state index in [1.165, 1.54) is 0 Å². The summed E-state index contributed by atoms with van der Waals surface area (Å²) in [5, 5.41) is 14.7. The minimum absolute atomic E-state index is 0.0144. The minimum Gasteiger partial charge on any atom is -0.495 e. The van der Waals surface area contributed by atoms with E-state index in [0.717, 1.165) is 16.5 Å². The number of halogens is 2. The Kier molecular flexibility index (Phi) is 7.20. The highest BCUT2D eigenvalue weighted by molar-refractivity contribution is 6.35. The zero-order valence-corrected chi connectivity index (χ0v) is 18.7. The van der Waals surface area contributed by atoms with Crippen LogP contribution in [-0.2, 0) is 11.3 Å². The Morgan fingerprint density at radius 2 is 1.87 bits per heavy atom. The van der Waals surface area contributed by atoms with E-state index in [2.05, 4.69) is 10.1 Å². The molecule has 2 aromatic heterocycles. The molecular formula is C22H21Cl2N3O4. The Hall–Kier alpha value is -3.03. The Balaban J connectivity index is 0.00000132. The van der Waals surface area contributed by atoms with Gasteiger partial charge >= 0.3 is 5.97 Å². The van der Waals surface area contributed by atoms with E-state index in [0.29, 0.717) is 39.6 Å². The first kappa shape index (κ1) is 22.7. The molecule has 0 unspecified atom stereocenters. The second kappa shape index (κ2) is 9.85. The van der Waals surface area contributed by atoms with E-state index in [1.807, 2.05) is 36.6 Å². The molecule has 31 heavy (non-hydrogen) atoms. The van der Waals surface area contributed by atoms with Crippen molar-refractivity contribution in [2.24, 2.45) is 0 Å². The Bertz CT molecular complexity index is 1220. The fraction of sp³-hybridized carbons (Fsp3) is 0.227. The average molecular weight is 462 g/mol. The largest absolute Gasteiger partial charge is 0.495 e. The highest BCUT2D eigenvalue weighted by Crippen LogP contribution is 2.32. The van der Waals surface area contributed by atoms with Crippen molar-refractivity contribution in [1.82, 2.24) is 14.7 Å². The summed E-state index contributed by atoms with van der Waals surface area (Å²) in [6, 6.07) is 10.8. The number of nitrogens with zero attached hydrogens (tertiary/aromatic N) is 3. The molecule has 4 rings (SSSR count). The van der Waals surface area contributed by atoms with Gasteiger partial charge in [-0.25, -0.2) is 0 Å². The van der Waals surface area contributed by atoms with E-state index < -0.39 is 5.97 Å². The van der Waals surface area contributed by atoms with Gasteiger partial charge in [-0.3, -0.25) is 4.79 Å². The van der Waals surface area contributed by atoms with Gasteiger partial charge < -0.3 is 18.9 Å². The summed E-state index contributed by atoms with van der Waals surface area (Å²) in [7, 11) is 1.54. The van der Waals surface area contributed by atoms with E-state index >= 15 is 0 Å². The number of aromatic nitrogens is 3. The highest BCUT2D eigenvalue weighted by atomic mass is 35.5. The van der Waals surface area contributed by atoms with Crippen LogP contribution in [0.2, 0.25) is 10.0 Å². The Morgan fingerprint density at radius 1 is 1.13 bits per heavy atom. The van der Waals surface area contributed by atoms with Crippen LogP contribution in [0.1, 0.15) is 20.3 Å². The number of rotatable bonds is 6. The molecule has 0 saturated heterocycles. The quantitative estimate of drug-likeness (QED) is 0.368. The van der Waals surface area contributed by atoms with Gasteiger partial charge in [0.15, 0.2) is 0 Å². The third-order valence-electron chi connectivity index (χ3n) is 4.48. The molecule has 1 N–H and O–H groups in total. The minimum atomic E-state index is -0.863. The highest BCUT2D eigenvalue weighted by Gasteiger charge is 2.15. The number of benzene rings is 2. The van der Waals surface area contributed by atoms with Gasteiger partial charge in [0.25, 0.3) is 5.89 Å². The number of hydrogen-bond acceptors (Lipinski definition) is 5. The number of aliphatic carboxylic acids is 1. The lowest BCUT2D eigenvalue weighted by Crippen LogP contribution is -2.03. The Labute approximate surface area is 189 Å². The van der Waals surface area contributed by atoms with Crippen LogP contribution in [0.5, 0.6) is 5.75 Å². The lowest BCUT2D eigenvalue weighted by atomic mass is 10.1. The molecule has 9 heteroatoms. The molecule has 0 amide bonds. The molecule has 0 spiro atoms. The van der Waals surface area contributed by atoms with Crippen molar-refractivity contribution >= 4 is 40.1 Å². The van der Waals surface area contributed by atoms with Gasteiger partial charge in [0, 0.05) is 34.8 Å². The van der Waals surface area contributed by atoms with Crippen LogP contribution in [0.3, 0.4) is 0 Å².